The van der Waals surface area contributed by atoms with Gasteiger partial charge in [0.2, 0.25) is 0 Å². The Bertz CT molecular complexity index is 111. The topological polar surface area (TPSA) is 26.3 Å². The van der Waals surface area contributed by atoms with Crippen molar-refractivity contribution in [3.8, 4) is 0 Å². The van der Waals surface area contributed by atoms with Crippen molar-refractivity contribution in [3.63, 3.8) is 0 Å². The Morgan fingerprint density at radius 1 is 1.56 bits per heavy atom. The Kier molecular flexibility index (Phi) is 6.12. The molecular formula is C4H13AlFO2P. The fraction of sp³-hybridized carbons (Fsp3) is 1.00. The summed E-state index contributed by atoms with van der Waals surface area (Å²) in [6, 6.07) is 0. The highest BCUT2D eigenvalue weighted by molar-refractivity contribution is 7.52. The molecule has 9 heavy (non-hydrogen) atoms. The van der Waals surface area contributed by atoms with Gasteiger partial charge in [-0.3, -0.25) is 4.57 Å². The molecule has 0 aliphatic carbocycles. The first-order chi connectivity index (χ1) is 3.42. The number of halogens is 1. The minimum absolute atomic E-state index is 0. The lowest BCUT2D eigenvalue weighted by atomic mass is 10.5. The first-order valence-corrected chi connectivity index (χ1v) is 4.33. The van der Waals surface area contributed by atoms with Gasteiger partial charge in [-0.1, -0.05) is 0 Å². The molecule has 0 fully saturated rings. The van der Waals surface area contributed by atoms with Crippen LogP contribution >= 0.6 is 7.68 Å². The van der Waals surface area contributed by atoms with Crippen LogP contribution in [0.2, 0.25) is 0 Å². The Morgan fingerprint density at radius 3 is 1.89 bits per heavy atom. The Labute approximate surface area is 65.5 Å². The summed E-state index contributed by atoms with van der Waals surface area (Å²) in [6.45, 7) is 4.22. The van der Waals surface area contributed by atoms with Gasteiger partial charge in [-0.25, -0.2) is 0 Å². The molecule has 0 rings (SSSR count). The maximum atomic E-state index is 12.0. The predicted octanol–water partition coefficient (Wildman–Crippen LogP) is 1.02. The summed E-state index contributed by atoms with van der Waals surface area (Å²) >= 11 is 0. The molecule has 0 aliphatic rings. The minimum atomic E-state index is -3.72. The quantitative estimate of drug-likeness (QED) is 0.456. The zero-order valence-electron chi connectivity index (χ0n) is 5.22. The van der Waals surface area contributed by atoms with Crippen molar-refractivity contribution in [2.75, 3.05) is 6.66 Å². The molecule has 1 atom stereocenters. The summed E-state index contributed by atoms with van der Waals surface area (Å²) in [5, 5.41) is 0. The fourth-order valence-electron chi connectivity index (χ4n) is 0.377. The molecule has 0 amide bonds. The van der Waals surface area contributed by atoms with E-state index < -0.39 is 7.68 Å². The molecule has 0 saturated carbocycles. The molecule has 0 saturated heterocycles. The summed E-state index contributed by atoms with van der Waals surface area (Å²) in [5.41, 5.74) is 0. The largest absolute Gasteiger partial charge is 0.364 e. The molecule has 0 bridgehead atoms. The van der Waals surface area contributed by atoms with Crippen LogP contribution in [-0.4, -0.2) is 30.1 Å². The summed E-state index contributed by atoms with van der Waals surface area (Å²) in [4.78, 5) is 0. The summed E-state index contributed by atoms with van der Waals surface area (Å²) in [5.74, 6) is 0. The first kappa shape index (κ1) is 12.3. The van der Waals surface area contributed by atoms with E-state index in [1.165, 1.54) is 0 Å². The van der Waals surface area contributed by atoms with Crippen molar-refractivity contribution in [2.24, 2.45) is 0 Å². The van der Waals surface area contributed by atoms with Gasteiger partial charge < -0.3 is 4.52 Å². The van der Waals surface area contributed by atoms with E-state index in [1.54, 1.807) is 13.8 Å². The van der Waals surface area contributed by atoms with Crippen LogP contribution in [0.1, 0.15) is 13.8 Å². The number of hydrogen-bond acceptors (Lipinski definition) is 2. The second-order valence-corrected chi connectivity index (χ2v) is 3.61. The van der Waals surface area contributed by atoms with Crippen LogP contribution in [-0.2, 0) is 9.09 Å². The average molecular weight is 170 g/mol. The molecule has 0 aromatic carbocycles. The molecule has 0 aromatic rings. The molecule has 0 spiro atoms. The highest BCUT2D eigenvalue weighted by atomic mass is 31.2. The number of hydrogen-bond donors (Lipinski definition) is 0. The van der Waals surface area contributed by atoms with E-state index in [4.69, 9.17) is 0 Å². The van der Waals surface area contributed by atoms with E-state index >= 15 is 0 Å². The van der Waals surface area contributed by atoms with Crippen molar-refractivity contribution in [1.82, 2.24) is 0 Å². The third kappa shape index (κ3) is 12.0. The van der Waals surface area contributed by atoms with Gasteiger partial charge in [0.15, 0.2) is 17.4 Å². The molecular weight excluding hydrogens is 157 g/mol. The molecule has 2 nitrogen and oxygen atoms in total. The van der Waals surface area contributed by atoms with Gasteiger partial charge in [0.05, 0.1) is 6.10 Å². The van der Waals surface area contributed by atoms with Gasteiger partial charge in [-0.05, 0) is 13.8 Å². The van der Waals surface area contributed by atoms with Crippen LogP contribution in [0.15, 0.2) is 0 Å². The highest BCUT2D eigenvalue weighted by Gasteiger charge is 2.13. The van der Waals surface area contributed by atoms with E-state index in [1.807, 2.05) is 0 Å². The second-order valence-electron chi connectivity index (χ2n) is 1.90. The van der Waals surface area contributed by atoms with Gasteiger partial charge in [-0.15, -0.1) is 0 Å². The van der Waals surface area contributed by atoms with Crippen LogP contribution in [0.3, 0.4) is 0 Å². The zero-order chi connectivity index (χ0) is 6.78. The third-order valence-corrected chi connectivity index (χ3v) is 1.20. The van der Waals surface area contributed by atoms with Crippen molar-refractivity contribution in [3.05, 3.63) is 0 Å². The van der Waals surface area contributed by atoms with E-state index in [0.29, 0.717) is 0 Å². The smallest absolute Gasteiger partial charge is 0.303 e. The van der Waals surface area contributed by atoms with Crippen molar-refractivity contribution in [2.45, 2.75) is 20.0 Å². The second kappa shape index (κ2) is 4.47. The maximum Gasteiger partial charge on any atom is 0.364 e. The minimum Gasteiger partial charge on any atom is -0.303 e. The Hall–Kier alpha value is 0.652. The van der Waals surface area contributed by atoms with Crippen LogP contribution < -0.4 is 0 Å². The highest BCUT2D eigenvalue weighted by Crippen LogP contribution is 2.44. The molecule has 5 heteroatoms. The van der Waals surface area contributed by atoms with Crippen LogP contribution in [0, 0.1) is 0 Å². The van der Waals surface area contributed by atoms with Crippen molar-refractivity contribution < 1.29 is 13.3 Å². The molecule has 0 aliphatic heterocycles. The van der Waals surface area contributed by atoms with E-state index in [2.05, 4.69) is 4.52 Å². The molecule has 0 N–H and O–H groups in total. The first-order valence-electron chi connectivity index (χ1n) is 2.37. The Morgan fingerprint density at radius 2 is 1.89 bits per heavy atom. The van der Waals surface area contributed by atoms with Gasteiger partial charge in [0.1, 0.15) is 0 Å². The summed E-state index contributed by atoms with van der Waals surface area (Å²) < 4.78 is 26.4. The molecule has 0 radical (unpaired) electrons. The van der Waals surface area contributed by atoms with Crippen molar-refractivity contribution >= 4 is 25.0 Å². The van der Waals surface area contributed by atoms with Crippen molar-refractivity contribution in [1.29, 1.82) is 0 Å². The van der Waals surface area contributed by atoms with E-state index in [9.17, 15) is 8.76 Å². The molecule has 0 heterocycles. The maximum absolute atomic E-state index is 12.0. The predicted molar refractivity (Wildman–Crippen MR) is 40.8 cm³/mol. The fourth-order valence-corrected chi connectivity index (χ4v) is 1.13. The molecule has 56 valence electrons. The lowest BCUT2D eigenvalue weighted by Gasteiger charge is -2.06. The number of rotatable bonds is 2. The standard InChI is InChI=1S/C4H10FO2P.Al.3H/c1-4(2)7-8(3,5)6;;;;/h4H,1-3H3;;;;. The lowest BCUT2D eigenvalue weighted by molar-refractivity contribution is 0.227. The van der Waals surface area contributed by atoms with Gasteiger partial charge >= 0.3 is 7.68 Å². The Balaban J connectivity index is 0. The molecule has 0 aromatic heterocycles. The van der Waals surface area contributed by atoms with Crippen LogP contribution in [0.5, 0.6) is 0 Å². The summed E-state index contributed by atoms with van der Waals surface area (Å²) in [7, 11) is -3.72. The van der Waals surface area contributed by atoms with Gasteiger partial charge in [0.25, 0.3) is 0 Å². The normalized spacial score (nSPS) is 16.6. The van der Waals surface area contributed by atoms with Crippen LogP contribution in [0.25, 0.3) is 0 Å². The third-order valence-electron chi connectivity index (χ3n) is 0.399. The monoisotopic (exact) mass is 170 g/mol. The van der Waals surface area contributed by atoms with Gasteiger partial charge in [0, 0.05) is 6.66 Å². The van der Waals surface area contributed by atoms with E-state index in [0.717, 1.165) is 6.66 Å². The van der Waals surface area contributed by atoms with E-state index in [-0.39, 0.29) is 23.5 Å². The average Bonchev–Trinajstić information content (AvgIpc) is 1.21. The summed E-state index contributed by atoms with van der Waals surface area (Å²) in [6.07, 6.45) is -0.296. The zero-order valence-corrected chi connectivity index (χ0v) is 6.11. The lowest BCUT2D eigenvalue weighted by Crippen LogP contribution is -1.96. The molecule has 1 unspecified atom stereocenters. The van der Waals surface area contributed by atoms with Gasteiger partial charge in [-0.2, -0.15) is 4.20 Å². The SMILES string of the molecule is CC(C)OP(C)(=O)F.[AlH3]. The van der Waals surface area contributed by atoms with Crippen LogP contribution in [0.4, 0.5) is 4.20 Å².